The maximum absolute atomic E-state index is 12.2. The Morgan fingerprint density at radius 3 is 2.29 bits per heavy atom. The molecule has 4 heteroatoms. The first kappa shape index (κ1) is 13.5. The number of Topliss-reactive ketones (excluding diaryl/α,β-unsaturated/α-hetero) is 1. The molecule has 0 amide bonds. The van der Waals surface area contributed by atoms with E-state index in [9.17, 15) is 13.2 Å². The molecule has 0 aromatic heterocycles. The predicted molar refractivity (Wildman–Crippen MR) is 66.3 cm³/mol. The zero-order chi connectivity index (χ0) is 13.1. The summed E-state index contributed by atoms with van der Waals surface area (Å²) in [5, 5.41) is -1.14. The Morgan fingerprint density at radius 2 is 1.88 bits per heavy atom. The maximum Gasteiger partial charge on any atom is 0.189 e. The molecule has 0 heterocycles. The molecule has 1 rings (SSSR count). The van der Waals surface area contributed by atoms with Crippen molar-refractivity contribution >= 4 is 15.6 Å². The van der Waals surface area contributed by atoms with E-state index in [1.165, 1.54) is 19.1 Å². The maximum atomic E-state index is 12.2. The van der Waals surface area contributed by atoms with Crippen molar-refractivity contribution in [3.8, 4) is 12.3 Å². The van der Waals surface area contributed by atoms with Gasteiger partial charge in [0, 0.05) is 6.42 Å². The van der Waals surface area contributed by atoms with Gasteiger partial charge >= 0.3 is 0 Å². The third-order valence-corrected chi connectivity index (χ3v) is 4.66. The average Bonchev–Trinajstić information content (AvgIpc) is 2.25. The summed E-state index contributed by atoms with van der Waals surface area (Å²) in [5.74, 6) is 1.81. The molecule has 0 spiro atoms. The third-order valence-electron chi connectivity index (χ3n) is 2.48. The summed E-state index contributed by atoms with van der Waals surface area (Å²) in [5.41, 5.74) is 0.959. The first-order valence-electron chi connectivity index (χ1n) is 5.14. The standard InChI is InChI=1S/C13H14O3S/c1-4-5-13(11(3)14)17(15,16)12-8-6-10(2)7-9-12/h1,6-9,13H,5H2,2-3H3/t13-/m0/s1. The van der Waals surface area contributed by atoms with E-state index in [1.807, 2.05) is 6.92 Å². The summed E-state index contributed by atoms with van der Waals surface area (Å²) in [6, 6.07) is 6.38. The van der Waals surface area contributed by atoms with E-state index in [4.69, 9.17) is 6.42 Å². The number of carbonyl (C=O) groups excluding carboxylic acids is 1. The van der Waals surface area contributed by atoms with Crippen LogP contribution in [0.15, 0.2) is 29.2 Å². The lowest BCUT2D eigenvalue weighted by Crippen LogP contribution is -2.28. The van der Waals surface area contributed by atoms with E-state index in [0.29, 0.717) is 0 Å². The fourth-order valence-corrected chi connectivity index (χ4v) is 3.07. The van der Waals surface area contributed by atoms with E-state index < -0.39 is 20.9 Å². The van der Waals surface area contributed by atoms with Crippen LogP contribution in [0, 0.1) is 19.3 Å². The van der Waals surface area contributed by atoms with Gasteiger partial charge in [0.1, 0.15) is 11.0 Å². The Morgan fingerprint density at radius 1 is 1.35 bits per heavy atom. The number of rotatable bonds is 4. The molecule has 0 N–H and O–H groups in total. The van der Waals surface area contributed by atoms with Crippen LogP contribution in [0.4, 0.5) is 0 Å². The minimum absolute atomic E-state index is 0.0917. The molecule has 1 aromatic rings. The van der Waals surface area contributed by atoms with Gasteiger partial charge in [0.05, 0.1) is 4.90 Å². The quantitative estimate of drug-likeness (QED) is 0.765. The molecule has 1 atom stereocenters. The van der Waals surface area contributed by atoms with Gasteiger partial charge in [-0.05, 0) is 26.0 Å². The van der Waals surface area contributed by atoms with E-state index in [1.54, 1.807) is 12.1 Å². The summed E-state index contributed by atoms with van der Waals surface area (Å²) in [6.45, 7) is 3.11. The van der Waals surface area contributed by atoms with Crippen molar-refractivity contribution in [2.75, 3.05) is 0 Å². The Hall–Kier alpha value is -1.60. The summed E-state index contributed by atoms with van der Waals surface area (Å²) >= 11 is 0. The first-order valence-corrected chi connectivity index (χ1v) is 6.68. The van der Waals surface area contributed by atoms with E-state index in [-0.39, 0.29) is 11.3 Å². The minimum Gasteiger partial charge on any atom is -0.299 e. The SMILES string of the molecule is C#CC[C@@H](C(C)=O)S(=O)(=O)c1ccc(C)cc1. The third kappa shape index (κ3) is 2.95. The number of ketones is 1. The highest BCUT2D eigenvalue weighted by atomic mass is 32.2. The van der Waals surface area contributed by atoms with Crippen molar-refractivity contribution in [3.63, 3.8) is 0 Å². The predicted octanol–water partition coefficient (Wildman–Crippen LogP) is 1.75. The van der Waals surface area contributed by atoms with Crippen molar-refractivity contribution in [3.05, 3.63) is 29.8 Å². The molecule has 0 aliphatic carbocycles. The molecule has 90 valence electrons. The topological polar surface area (TPSA) is 51.2 Å². The van der Waals surface area contributed by atoms with Gasteiger partial charge in [-0.3, -0.25) is 4.79 Å². The van der Waals surface area contributed by atoms with Crippen LogP contribution >= 0.6 is 0 Å². The number of hydrogen-bond donors (Lipinski definition) is 0. The van der Waals surface area contributed by atoms with Crippen LogP contribution in [0.3, 0.4) is 0 Å². The molecule has 0 unspecified atom stereocenters. The highest BCUT2D eigenvalue weighted by Gasteiger charge is 2.30. The molecule has 3 nitrogen and oxygen atoms in total. The summed E-state index contributed by atoms with van der Waals surface area (Å²) in [7, 11) is -3.67. The average molecular weight is 250 g/mol. The zero-order valence-corrected chi connectivity index (χ0v) is 10.6. The molecule has 0 aliphatic heterocycles. The lowest BCUT2D eigenvalue weighted by atomic mass is 10.2. The van der Waals surface area contributed by atoms with Gasteiger partial charge in [-0.1, -0.05) is 17.7 Å². The van der Waals surface area contributed by atoms with Crippen molar-refractivity contribution in [2.45, 2.75) is 30.4 Å². The van der Waals surface area contributed by atoms with Crippen LogP contribution in [0.2, 0.25) is 0 Å². The smallest absolute Gasteiger partial charge is 0.189 e. The van der Waals surface area contributed by atoms with Crippen molar-refractivity contribution < 1.29 is 13.2 Å². The molecule has 0 bridgehead atoms. The molecule has 0 fully saturated rings. The van der Waals surface area contributed by atoms with Crippen molar-refractivity contribution in [1.82, 2.24) is 0 Å². The van der Waals surface area contributed by atoms with E-state index >= 15 is 0 Å². The van der Waals surface area contributed by atoms with Crippen LogP contribution in [0.1, 0.15) is 18.9 Å². The van der Waals surface area contributed by atoms with Crippen LogP contribution in [-0.2, 0) is 14.6 Å². The van der Waals surface area contributed by atoms with Gasteiger partial charge in [0.2, 0.25) is 0 Å². The second kappa shape index (κ2) is 5.15. The normalized spacial score (nSPS) is 12.8. The number of benzene rings is 1. The fourth-order valence-electron chi connectivity index (χ4n) is 1.47. The Balaban J connectivity index is 3.22. The van der Waals surface area contributed by atoms with Crippen LogP contribution < -0.4 is 0 Å². The Bertz CT molecular complexity index is 547. The van der Waals surface area contributed by atoms with E-state index in [0.717, 1.165) is 5.56 Å². The fraction of sp³-hybridized carbons (Fsp3) is 0.308. The lowest BCUT2D eigenvalue weighted by molar-refractivity contribution is -0.116. The number of carbonyl (C=O) groups is 1. The Labute approximate surface area is 102 Å². The second-order valence-corrected chi connectivity index (χ2v) is 6.00. The molecule has 1 aromatic carbocycles. The van der Waals surface area contributed by atoms with Gasteiger partial charge in [0.25, 0.3) is 0 Å². The van der Waals surface area contributed by atoms with Gasteiger partial charge in [-0.15, -0.1) is 12.3 Å². The highest BCUT2D eigenvalue weighted by Crippen LogP contribution is 2.19. The van der Waals surface area contributed by atoms with Crippen LogP contribution in [0.5, 0.6) is 0 Å². The van der Waals surface area contributed by atoms with Gasteiger partial charge in [0.15, 0.2) is 9.84 Å². The first-order chi connectivity index (χ1) is 7.89. The van der Waals surface area contributed by atoms with Crippen molar-refractivity contribution in [2.24, 2.45) is 0 Å². The van der Waals surface area contributed by atoms with Crippen molar-refractivity contribution in [1.29, 1.82) is 0 Å². The highest BCUT2D eigenvalue weighted by molar-refractivity contribution is 7.92. The molecule has 0 saturated carbocycles. The molecule has 17 heavy (non-hydrogen) atoms. The summed E-state index contributed by atoms with van der Waals surface area (Å²) in [4.78, 5) is 11.5. The number of sulfone groups is 1. The van der Waals surface area contributed by atoms with Gasteiger partial charge in [-0.2, -0.15) is 0 Å². The number of aryl methyl sites for hydroxylation is 1. The molecular weight excluding hydrogens is 236 g/mol. The summed E-state index contributed by atoms with van der Waals surface area (Å²) in [6.07, 6.45) is 5.01. The second-order valence-electron chi connectivity index (χ2n) is 3.87. The zero-order valence-electron chi connectivity index (χ0n) is 9.80. The Kier molecular flexibility index (Phi) is 4.08. The number of terminal acetylenes is 1. The summed E-state index contributed by atoms with van der Waals surface area (Å²) < 4.78 is 24.3. The van der Waals surface area contributed by atoms with Gasteiger partial charge in [-0.25, -0.2) is 8.42 Å². The molecular formula is C13H14O3S. The lowest BCUT2D eigenvalue weighted by Gasteiger charge is -2.12. The number of hydrogen-bond acceptors (Lipinski definition) is 3. The largest absolute Gasteiger partial charge is 0.299 e. The minimum atomic E-state index is -3.67. The molecule has 0 radical (unpaired) electrons. The monoisotopic (exact) mass is 250 g/mol. The molecule has 0 aliphatic rings. The van der Waals surface area contributed by atoms with Crippen LogP contribution in [0.25, 0.3) is 0 Å². The van der Waals surface area contributed by atoms with Gasteiger partial charge < -0.3 is 0 Å². The molecule has 0 saturated heterocycles. The van der Waals surface area contributed by atoms with Crippen LogP contribution in [-0.4, -0.2) is 19.5 Å². The van der Waals surface area contributed by atoms with E-state index in [2.05, 4.69) is 5.92 Å².